The Labute approximate surface area is 80.2 Å². The number of nitrogens with two attached hydrogens (primary N) is 1. The molecule has 0 radical (unpaired) electrons. The zero-order chi connectivity index (χ0) is 9.30. The van der Waals surface area contributed by atoms with E-state index in [2.05, 4.69) is 0 Å². The molecule has 1 aromatic rings. The molecular formula is C8H9ClF3N. The summed E-state index contributed by atoms with van der Waals surface area (Å²) in [6, 6.07) is 0.453. The number of hydrogen-bond acceptors (Lipinski definition) is 1. The molecule has 5 heteroatoms. The summed E-state index contributed by atoms with van der Waals surface area (Å²) in [5.41, 5.74) is 4.98. The average molecular weight is 212 g/mol. The third-order valence-corrected chi connectivity index (χ3v) is 1.50. The van der Waals surface area contributed by atoms with Crippen LogP contribution < -0.4 is 5.73 Å². The fraction of sp³-hybridized carbons (Fsp3) is 0.250. The third-order valence-electron chi connectivity index (χ3n) is 1.50. The van der Waals surface area contributed by atoms with E-state index < -0.39 is 23.5 Å². The van der Waals surface area contributed by atoms with Crippen molar-refractivity contribution in [2.75, 3.05) is 0 Å². The maximum Gasteiger partial charge on any atom is 0.133 e. The Morgan fingerprint density at radius 2 is 1.54 bits per heavy atom. The molecule has 0 aliphatic rings. The Morgan fingerprint density at radius 1 is 1.15 bits per heavy atom. The highest BCUT2D eigenvalue weighted by molar-refractivity contribution is 5.85. The summed E-state index contributed by atoms with van der Waals surface area (Å²) in [6.45, 7) is 1.43. The summed E-state index contributed by atoms with van der Waals surface area (Å²) in [7, 11) is 0. The van der Waals surface area contributed by atoms with E-state index in [4.69, 9.17) is 5.73 Å². The van der Waals surface area contributed by atoms with Crippen LogP contribution in [0.25, 0.3) is 0 Å². The molecule has 0 fully saturated rings. The van der Waals surface area contributed by atoms with Gasteiger partial charge in [-0.15, -0.1) is 12.4 Å². The fourth-order valence-electron chi connectivity index (χ4n) is 0.988. The van der Waals surface area contributed by atoms with E-state index >= 15 is 0 Å². The van der Waals surface area contributed by atoms with Gasteiger partial charge in [0.15, 0.2) is 0 Å². The van der Waals surface area contributed by atoms with Gasteiger partial charge in [0.25, 0.3) is 0 Å². The lowest BCUT2D eigenvalue weighted by Gasteiger charge is -2.07. The summed E-state index contributed by atoms with van der Waals surface area (Å²) in [5.74, 6) is -2.82. The Hall–Kier alpha value is -0.740. The first kappa shape index (κ1) is 12.3. The highest BCUT2D eigenvalue weighted by Crippen LogP contribution is 2.19. The van der Waals surface area contributed by atoms with Gasteiger partial charge in [-0.25, -0.2) is 13.2 Å². The van der Waals surface area contributed by atoms with Crippen LogP contribution in [-0.2, 0) is 0 Å². The normalized spacial score (nSPS) is 12.1. The first-order valence-corrected chi connectivity index (χ1v) is 3.42. The topological polar surface area (TPSA) is 26.0 Å². The van der Waals surface area contributed by atoms with Crippen LogP contribution in [0.4, 0.5) is 13.2 Å². The molecule has 0 heterocycles. The third kappa shape index (κ3) is 2.60. The van der Waals surface area contributed by atoms with Gasteiger partial charge in [-0.05, 0) is 6.92 Å². The summed E-state index contributed by atoms with van der Waals surface area (Å²) < 4.78 is 38.0. The monoisotopic (exact) mass is 211 g/mol. The molecule has 13 heavy (non-hydrogen) atoms. The largest absolute Gasteiger partial charge is 0.324 e. The van der Waals surface area contributed by atoms with Crippen LogP contribution >= 0.6 is 12.4 Å². The predicted octanol–water partition coefficient (Wildman–Crippen LogP) is 2.55. The van der Waals surface area contributed by atoms with Crippen LogP contribution in [0.3, 0.4) is 0 Å². The molecule has 0 saturated carbocycles. The van der Waals surface area contributed by atoms with Crippen molar-refractivity contribution in [1.29, 1.82) is 0 Å². The second kappa shape index (κ2) is 4.48. The molecule has 1 nitrogen and oxygen atoms in total. The van der Waals surface area contributed by atoms with Crippen molar-refractivity contribution in [3.8, 4) is 0 Å². The Bertz CT molecular complexity index is 278. The second-order valence-electron chi connectivity index (χ2n) is 2.57. The number of hydrogen-bond donors (Lipinski definition) is 1. The Morgan fingerprint density at radius 3 is 1.85 bits per heavy atom. The van der Waals surface area contributed by atoms with Crippen molar-refractivity contribution in [2.45, 2.75) is 13.0 Å². The molecule has 0 aliphatic heterocycles. The van der Waals surface area contributed by atoms with Crippen molar-refractivity contribution < 1.29 is 13.2 Å². The second-order valence-corrected chi connectivity index (χ2v) is 2.57. The van der Waals surface area contributed by atoms with Gasteiger partial charge in [0.1, 0.15) is 17.5 Å². The molecule has 0 bridgehead atoms. The van der Waals surface area contributed by atoms with Gasteiger partial charge >= 0.3 is 0 Å². The molecule has 0 aromatic heterocycles. The van der Waals surface area contributed by atoms with Gasteiger partial charge < -0.3 is 5.73 Å². The molecule has 0 aliphatic carbocycles. The smallest absolute Gasteiger partial charge is 0.133 e. The maximum absolute atomic E-state index is 12.8. The zero-order valence-electron chi connectivity index (χ0n) is 6.85. The van der Waals surface area contributed by atoms with Crippen LogP contribution in [0.2, 0.25) is 0 Å². The van der Waals surface area contributed by atoms with Crippen molar-refractivity contribution >= 4 is 12.4 Å². The maximum atomic E-state index is 12.8. The van der Waals surface area contributed by atoms with E-state index in [1.165, 1.54) is 6.92 Å². The van der Waals surface area contributed by atoms with Crippen molar-refractivity contribution in [3.05, 3.63) is 35.1 Å². The average Bonchev–Trinajstić information content (AvgIpc) is 1.82. The van der Waals surface area contributed by atoms with E-state index in [1.54, 1.807) is 0 Å². The van der Waals surface area contributed by atoms with E-state index in [9.17, 15) is 13.2 Å². The van der Waals surface area contributed by atoms with Crippen LogP contribution in [0.15, 0.2) is 12.1 Å². The van der Waals surface area contributed by atoms with Crippen LogP contribution in [0, 0.1) is 17.5 Å². The highest BCUT2D eigenvalue weighted by atomic mass is 35.5. The van der Waals surface area contributed by atoms with Crippen molar-refractivity contribution in [2.24, 2.45) is 5.73 Å². The molecule has 1 rings (SSSR count). The van der Waals surface area contributed by atoms with E-state index in [1.807, 2.05) is 0 Å². The summed E-state index contributed by atoms with van der Waals surface area (Å²) >= 11 is 0. The highest BCUT2D eigenvalue weighted by Gasteiger charge is 2.14. The van der Waals surface area contributed by atoms with Gasteiger partial charge in [0.05, 0.1) is 0 Å². The Kier molecular flexibility index (Phi) is 4.23. The minimum atomic E-state index is -0.942. The molecule has 74 valence electrons. The van der Waals surface area contributed by atoms with Crippen LogP contribution in [0.5, 0.6) is 0 Å². The lowest BCUT2D eigenvalue weighted by molar-refractivity contribution is 0.510. The predicted molar refractivity (Wildman–Crippen MR) is 46.2 cm³/mol. The summed E-state index contributed by atoms with van der Waals surface area (Å²) in [6.07, 6.45) is 0. The molecule has 0 spiro atoms. The molecular weight excluding hydrogens is 203 g/mol. The SMILES string of the molecule is C[C@H](N)c1c(F)cc(F)cc1F.Cl. The van der Waals surface area contributed by atoms with Crippen LogP contribution in [0.1, 0.15) is 18.5 Å². The standard InChI is InChI=1S/C8H8F3N.ClH/c1-4(12)8-6(10)2-5(9)3-7(8)11;/h2-4H,12H2,1H3;1H/t4-;/m0./s1. The lowest BCUT2D eigenvalue weighted by atomic mass is 10.1. The first-order valence-electron chi connectivity index (χ1n) is 3.42. The van der Waals surface area contributed by atoms with E-state index in [0.717, 1.165) is 0 Å². The molecule has 0 saturated heterocycles. The van der Waals surface area contributed by atoms with Gasteiger partial charge in [0, 0.05) is 23.7 Å². The molecule has 2 N–H and O–H groups in total. The molecule has 0 unspecified atom stereocenters. The van der Waals surface area contributed by atoms with Gasteiger partial charge in [0.2, 0.25) is 0 Å². The minimum Gasteiger partial charge on any atom is -0.324 e. The molecule has 1 aromatic carbocycles. The van der Waals surface area contributed by atoms with Gasteiger partial charge in [-0.1, -0.05) is 0 Å². The van der Waals surface area contributed by atoms with Gasteiger partial charge in [-0.3, -0.25) is 0 Å². The van der Waals surface area contributed by atoms with Gasteiger partial charge in [-0.2, -0.15) is 0 Å². The number of benzene rings is 1. The van der Waals surface area contributed by atoms with Crippen molar-refractivity contribution in [3.63, 3.8) is 0 Å². The first-order chi connectivity index (χ1) is 5.52. The molecule has 0 amide bonds. The minimum absolute atomic E-state index is 0. The molecule has 1 atom stereocenters. The number of halogens is 4. The zero-order valence-corrected chi connectivity index (χ0v) is 7.67. The van der Waals surface area contributed by atoms with Crippen molar-refractivity contribution in [1.82, 2.24) is 0 Å². The van der Waals surface area contributed by atoms with E-state index in [-0.39, 0.29) is 18.0 Å². The quantitative estimate of drug-likeness (QED) is 0.759. The number of rotatable bonds is 1. The Balaban J connectivity index is 0.00000144. The van der Waals surface area contributed by atoms with Crippen LogP contribution in [-0.4, -0.2) is 0 Å². The van der Waals surface area contributed by atoms with E-state index in [0.29, 0.717) is 12.1 Å². The fourth-order valence-corrected chi connectivity index (χ4v) is 0.988. The lowest BCUT2D eigenvalue weighted by Crippen LogP contribution is -2.10. The summed E-state index contributed by atoms with van der Waals surface area (Å²) in [4.78, 5) is 0. The summed E-state index contributed by atoms with van der Waals surface area (Å²) in [5, 5.41) is 0.